The van der Waals surface area contributed by atoms with E-state index in [1.165, 1.54) is 11.1 Å². The number of nitriles is 1. The Kier molecular flexibility index (Phi) is 7.13. The fourth-order valence-corrected chi connectivity index (χ4v) is 2.45. The molecule has 0 bridgehead atoms. The zero-order valence-electron chi connectivity index (χ0n) is 14.3. The molecular formula is C20H24N2O2. The molecule has 0 heterocycles. The molecule has 0 saturated heterocycles. The van der Waals surface area contributed by atoms with Crippen molar-refractivity contribution in [3.05, 3.63) is 59.2 Å². The number of nitrogens with zero attached hydrogens (tertiary/aromatic N) is 1. The van der Waals surface area contributed by atoms with E-state index in [0.29, 0.717) is 13.0 Å². The van der Waals surface area contributed by atoms with Crippen molar-refractivity contribution in [1.29, 1.82) is 5.26 Å². The fourth-order valence-electron chi connectivity index (χ4n) is 2.45. The molecule has 0 atom stereocenters. The summed E-state index contributed by atoms with van der Waals surface area (Å²) in [4.78, 5) is 0. The van der Waals surface area contributed by atoms with Crippen molar-refractivity contribution in [3.8, 4) is 17.6 Å². The zero-order valence-corrected chi connectivity index (χ0v) is 14.3. The lowest BCUT2D eigenvalue weighted by molar-refractivity contribution is 0.290. The van der Waals surface area contributed by atoms with E-state index in [0.717, 1.165) is 36.6 Å². The Morgan fingerprint density at radius 1 is 1.04 bits per heavy atom. The number of aryl methyl sites for hydroxylation is 1. The average Bonchev–Trinajstić information content (AvgIpc) is 2.59. The molecule has 4 heteroatoms. The summed E-state index contributed by atoms with van der Waals surface area (Å²) in [6, 6.07) is 16.6. The second-order valence-electron chi connectivity index (χ2n) is 5.69. The van der Waals surface area contributed by atoms with Crippen LogP contribution in [0.5, 0.6) is 11.5 Å². The monoisotopic (exact) mass is 324 g/mol. The highest BCUT2D eigenvalue weighted by atomic mass is 16.5. The Labute approximate surface area is 144 Å². The summed E-state index contributed by atoms with van der Waals surface area (Å²) >= 11 is 0. The summed E-state index contributed by atoms with van der Waals surface area (Å²) in [7, 11) is 1.63. The third-order valence-electron chi connectivity index (χ3n) is 3.66. The van der Waals surface area contributed by atoms with Gasteiger partial charge in [-0.1, -0.05) is 35.9 Å². The van der Waals surface area contributed by atoms with Crippen molar-refractivity contribution in [2.24, 2.45) is 0 Å². The molecule has 0 unspecified atom stereocenters. The third-order valence-corrected chi connectivity index (χ3v) is 3.66. The van der Waals surface area contributed by atoms with Gasteiger partial charge < -0.3 is 14.8 Å². The lowest BCUT2D eigenvalue weighted by atomic mass is 10.1. The van der Waals surface area contributed by atoms with Crippen molar-refractivity contribution in [2.75, 3.05) is 13.7 Å². The first-order valence-electron chi connectivity index (χ1n) is 8.16. The van der Waals surface area contributed by atoms with Gasteiger partial charge in [0.2, 0.25) is 0 Å². The van der Waals surface area contributed by atoms with Gasteiger partial charge in [-0.3, -0.25) is 0 Å². The van der Waals surface area contributed by atoms with E-state index in [4.69, 9.17) is 14.7 Å². The molecule has 2 aromatic rings. The fraction of sp³-hybridized carbons (Fsp3) is 0.350. The van der Waals surface area contributed by atoms with Crippen LogP contribution in [0.25, 0.3) is 0 Å². The molecule has 0 radical (unpaired) electrons. The van der Waals surface area contributed by atoms with Gasteiger partial charge in [-0.25, -0.2) is 0 Å². The Hall–Kier alpha value is -2.51. The minimum absolute atomic E-state index is 0.500. The normalized spacial score (nSPS) is 10.2. The largest absolute Gasteiger partial charge is 0.493 e. The number of hydrogen-bond acceptors (Lipinski definition) is 4. The van der Waals surface area contributed by atoms with Gasteiger partial charge in [0.05, 0.1) is 19.8 Å². The van der Waals surface area contributed by atoms with Gasteiger partial charge in [-0.2, -0.15) is 5.26 Å². The van der Waals surface area contributed by atoms with Gasteiger partial charge in [0.25, 0.3) is 0 Å². The Bertz CT molecular complexity index is 692. The van der Waals surface area contributed by atoms with Gasteiger partial charge in [-0.05, 0) is 36.6 Å². The molecule has 2 rings (SSSR count). The van der Waals surface area contributed by atoms with Gasteiger partial charge in [0.15, 0.2) is 11.5 Å². The van der Waals surface area contributed by atoms with Crippen molar-refractivity contribution in [3.63, 3.8) is 0 Å². The first-order chi connectivity index (χ1) is 11.7. The van der Waals surface area contributed by atoms with Gasteiger partial charge in [0.1, 0.15) is 0 Å². The molecule has 126 valence electrons. The first-order valence-corrected chi connectivity index (χ1v) is 8.16. The van der Waals surface area contributed by atoms with E-state index in [1.54, 1.807) is 7.11 Å². The second kappa shape index (κ2) is 9.59. The molecule has 2 aromatic carbocycles. The first kappa shape index (κ1) is 17.8. The standard InChI is InChI=1S/C20H24N2O2/c1-16-6-5-7-17(12-16)14-22-15-18-8-9-19(23-2)20(13-18)24-11-4-3-10-21/h5-9,12-13,22H,3-4,11,14-15H2,1-2H3. The van der Waals surface area contributed by atoms with Crippen LogP contribution in [0, 0.1) is 18.3 Å². The Morgan fingerprint density at radius 2 is 1.83 bits per heavy atom. The van der Waals surface area contributed by atoms with Crippen LogP contribution in [0.1, 0.15) is 29.5 Å². The Balaban J connectivity index is 1.91. The summed E-state index contributed by atoms with van der Waals surface area (Å²) in [6.45, 7) is 4.20. The van der Waals surface area contributed by atoms with E-state index >= 15 is 0 Å². The molecule has 24 heavy (non-hydrogen) atoms. The van der Waals surface area contributed by atoms with Crippen LogP contribution in [0.2, 0.25) is 0 Å². The summed E-state index contributed by atoms with van der Waals surface area (Å²) < 4.78 is 11.1. The van der Waals surface area contributed by atoms with Crippen LogP contribution in [-0.4, -0.2) is 13.7 Å². The highest BCUT2D eigenvalue weighted by Crippen LogP contribution is 2.28. The highest BCUT2D eigenvalue weighted by molar-refractivity contribution is 5.43. The molecule has 1 N–H and O–H groups in total. The van der Waals surface area contributed by atoms with Crippen LogP contribution in [0.15, 0.2) is 42.5 Å². The van der Waals surface area contributed by atoms with Crippen LogP contribution in [0.4, 0.5) is 0 Å². The summed E-state index contributed by atoms with van der Waals surface area (Å²) in [5.41, 5.74) is 3.68. The van der Waals surface area contributed by atoms with Crippen LogP contribution >= 0.6 is 0 Å². The second-order valence-corrected chi connectivity index (χ2v) is 5.69. The molecule has 4 nitrogen and oxygen atoms in total. The molecular weight excluding hydrogens is 300 g/mol. The maximum atomic E-state index is 8.58. The predicted molar refractivity (Wildman–Crippen MR) is 95.1 cm³/mol. The molecule has 0 aliphatic carbocycles. The van der Waals surface area contributed by atoms with E-state index in [-0.39, 0.29) is 0 Å². The Morgan fingerprint density at radius 3 is 2.54 bits per heavy atom. The topological polar surface area (TPSA) is 54.3 Å². The van der Waals surface area contributed by atoms with E-state index in [9.17, 15) is 0 Å². The molecule has 0 aliphatic heterocycles. The van der Waals surface area contributed by atoms with Crippen molar-refractivity contribution in [2.45, 2.75) is 32.9 Å². The molecule has 0 spiro atoms. The van der Waals surface area contributed by atoms with Gasteiger partial charge in [-0.15, -0.1) is 0 Å². The van der Waals surface area contributed by atoms with E-state index < -0.39 is 0 Å². The maximum Gasteiger partial charge on any atom is 0.161 e. The quantitative estimate of drug-likeness (QED) is 0.709. The van der Waals surface area contributed by atoms with E-state index in [1.807, 2.05) is 18.2 Å². The average molecular weight is 324 g/mol. The van der Waals surface area contributed by atoms with Crippen LogP contribution in [-0.2, 0) is 13.1 Å². The summed E-state index contributed by atoms with van der Waals surface area (Å²) in [5.74, 6) is 1.44. The van der Waals surface area contributed by atoms with Crippen molar-refractivity contribution in [1.82, 2.24) is 5.32 Å². The van der Waals surface area contributed by atoms with Crippen LogP contribution < -0.4 is 14.8 Å². The molecule has 0 fully saturated rings. The lowest BCUT2D eigenvalue weighted by Crippen LogP contribution is -2.13. The summed E-state index contributed by atoms with van der Waals surface area (Å²) in [6.07, 6.45) is 1.22. The predicted octanol–water partition coefficient (Wildman–Crippen LogP) is 3.98. The van der Waals surface area contributed by atoms with Crippen LogP contribution in [0.3, 0.4) is 0 Å². The lowest BCUT2D eigenvalue weighted by Gasteiger charge is -2.12. The van der Waals surface area contributed by atoms with E-state index in [2.05, 4.69) is 42.6 Å². The molecule has 0 aromatic heterocycles. The third kappa shape index (κ3) is 5.60. The number of nitrogens with one attached hydrogen (secondary N) is 1. The number of hydrogen-bond donors (Lipinski definition) is 1. The maximum absolute atomic E-state index is 8.58. The van der Waals surface area contributed by atoms with Crippen molar-refractivity contribution < 1.29 is 9.47 Å². The zero-order chi connectivity index (χ0) is 17.2. The van der Waals surface area contributed by atoms with Gasteiger partial charge >= 0.3 is 0 Å². The van der Waals surface area contributed by atoms with Gasteiger partial charge in [0, 0.05) is 19.5 Å². The molecule has 0 saturated carbocycles. The number of methoxy groups -OCH3 is 1. The number of rotatable bonds is 9. The molecule has 0 aliphatic rings. The SMILES string of the molecule is COc1ccc(CNCc2cccc(C)c2)cc1OCCCC#N. The summed E-state index contributed by atoms with van der Waals surface area (Å²) in [5, 5.41) is 12.0. The minimum Gasteiger partial charge on any atom is -0.493 e. The molecule has 0 amide bonds. The van der Waals surface area contributed by atoms with Crippen molar-refractivity contribution >= 4 is 0 Å². The highest BCUT2D eigenvalue weighted by Gasteiger charge is 2.06. The smallest absolute Gasteiger partial charge is 0.161 e. The number of benzene rings is 2. The number of ether oxygens (including phenoxy) is 2. The number of unbranched alkanes of at least 4 members (excludes halogenated alkanes) is 1. The minimum atomic E-state index is 0.500.